The van der Waals surface area contributed by atoms with Crippen LogP contribution in [0.15, 0.2) is 24.3 Å². The number of anilines is 1. The Balaban J connectivity index is 1.83. The maximum atomic E-state index is 12.3. The number of nitrogens with zero attached hydrogens (tertiary/aromatic N) is 2. The van der Waals surface area contributed by atoms with Crippen LogP contribution in [-0.2, 0) is 9.53 Å². The van der Waals surface area contributed by atoms with Gasteiger partial charge in [-0.05, 0) is 30.7 Å². The van der Waals surface area contributed by atoms with E-state index in [9.17, 15) is 9.59 Å². The molecule has 0 bridgehead atoms. The maximum absolute atomic E-state index is 12.3. The lowest BCUT2D eigenvalue weighted by Gasteiger charge is -2.21. The average Bonchev–Trinajstić information content (AvgIpc) is 2.99. The zero-order valence-corrected chi connectivity index (χ0v) is 11.0. The number of ether oxygens (including phenoxy) is 1. The number of imide groups is 1. The van der Waals surface area contributed by atoms with E-state index in [2.05, 4.69) is 0 Å². The lowest BCUT2D eigenvalue weighted by molar-refractivity contribution is -0.126. The Kier molecular flexibility index (Phi) is 3.16. The molecule has 0 N–H and O–H groups in total. The van der Waals surface area contributed by atoms with Gasteiger partial charge in [-0.25, -0.2) is 4.79 Å². The van der Waals surface area contributed by atoms with Crippen LogP contribution in [-0.4, -0.2) is 42.6 Å². The second kappa shape index (κ2) is 4.83. The smallest absolute Gasteiger partial charge is 0.332 e. The number of hydrogen-bond donors (Lipinski definition) is 0. The van der Waals surface area contributed by atoms with Crippen LogP contribution in [0.25, 0.3) is 0 Å². The zero-order chi connectivity index (χ0) is 13.4. The molecular weight excluding hydrogens is 268 g/mol. The number of rotatable bonds is 2. The van der Waals surface area contributed by atoms with E-state index < -0.39 is 0 Å². The fraction of sp³-hybridized carbons (Fsp3) is 0.385. The molecule has 19 heavy (non-hydrogen) atoms. The molecule has 1 aromatic rings. The van der Waals surface area contributed by atoms with Crippen molar-refractivity contribution in [3.05, 3.63) is 29.3 Å². The zero-order valence-electron chi connectivity index (χ0n) is 10.2. The third-order valence-corrected chi connectivity index (χ3v) is 3.66. The van der Waals surface area contributed by atoms with Crippen LogP contribution in [0.1, 0.15) is 6.42 Å². The summed E-state index contributed by atoms with van der Waals surface area (Å²) in [5.41, 5.74) is 0.684. The van der Waals surface area contributed by atoms with Crippen LogP contribution in [0.5, 0.6) is 0 Å². The Bertz CT molecular complexity index is 511. The lowest BCUT2D eigenvalue weighted by Crippen LogP contribution is -2.41. The molecule has 6 heteroatoms. The molecule has 1 aromatic carbocycles. The van der Waals surface area contributed by atoms with Gasteiger partial charge >= 0.3 is 6.03 Å². The standard InChI is InChI=1S/C13H13ClN2O3/c14-9-1-3-10(4-2-9)15-7-12(17)16(13(15)18)11-5-6-19-8-11/h1-4,11H,5-8H2. The molecule has 2 fully saturated rings. The summed E-state index contributed by atoms with van der Waals surface area (Å²) in [5.74, 6) is -0.171. The Labute approximate surface area is 115 Å². The van der Waals surface area contributed by atoms with Gasteiger partial charge in [0.25, 0.3) is 5.91 Å². The molecule has 5 nitrogen and oxygen atoms in total. The van der Waals surface area contributed by atoms with Gasteiger partial charge in [-0.15, -0.1) is 0 Å². The van der Waals surface area contributed by atoms with Gasteiger partial charge in [-0.1, -0.05) is 11.6 Å². The Morgan fingerprint density at radius 1 is 1.21 bits per heavy atom. The molecule has 0 saturated carbocycles. The number of benzene rings is 1. The molecule has 2 saturated heterocycles. The third-order valence-electron chi connectivity index (χ3n) is 3.41. The first kappa shape index (κ1) is 12.4. The second-order valence-corrected chi connectivity index (χ2v) is 5.06. The second-order valence-electron chi connectivity index (χ2n) is 4.63. The van der Waals surface area contributed by atoms with Gasteiger partial charge in [0, 0.05) is 17.3 Å². The van der Waals surface area contributed by atoms with Crippen LogP contribution >= 0.6 is 11.6 Å². The van der Waals surface area contributed by atoms with E-state index in [-0.39, 0.29) is 24.5 Å². The molecule has 3 amide bonds. The number of urea groups is 1. The predicted octanol–water partition coefficient (Wildman–Crippen LogP) is 1.90. The van der Waals surface area contributed by atoms with Gasteiger partial charge in [0.15, 0.2) is 0 Å². The summed E-state index contributed by atoms with van der Waals surface area (Å²) in [5, 5.41) is 0.600. The van der Waals surface area contributed by atoms with E-state index in [4.69, 9.17) is 16.3 Å². The van der Waals surface area contributed by atoms with Crippen molar-refractivity contribution >= 4 is 29.2 Å². The molecule has 100 valence electrons. The molecule has 2 aliphatic rings. The molecule has 0 spiro atoms. The van der Waals surface area contributed by atoms with Crippen molar-refractivity contribution in [1.82, 2.24) is 4.90 Å². The molecule has 2 aliphatic heterocycles. The highest BCUT2D eigenvalue weighted by atomic mass is 35.5. The van der Waals surface area contributed by atoms with Crippen molar-refractivity contribution < 1.29 is 14.3 Å². The Hall–Kier alpha value is -1.59. The topological polar surface area (TPSA) is 49.9 Å². The summed E-state index contributed by atoms with van der Waals surface area (Å²) >= 11 is 5.82. The van der Waals surface area contributed by atoms with Gasteiger partial charge in [-0.3, -0.25) is 14.6 Å². The van der Waals surface area contributed by atoms with Crippen molar-refractivity contribution in [2.24, 2.45) is 0 Å². The number of hydrogen-bond acceptors (Lipinski definition) is 3. The molecule has 3 rings (SSSR count). The third kappa shape index (κ3) is 2.19. The van der Waals surface area contributed by atoms with E-state index in [1.165, 1.54) is 9.80 Å². The van der Waals surface area contributed by atoms with Crippen LogP contribution in [0, 0.1) is 0 Å². The minimum atomic E-state index is -0.275. The van der Waals surface area contributed by atoms with Gasteiger partial charge in [-0.2, -0.15) is 0 Å². The van der Waals surface area contributed by atoms with Gasteiger partial charge in [0.1, 0.15) is 6.54 Å². The van der Waals surface area contributed by atoms with Gasteiger partial charge < -0.3 is 4.74 Å². The fourth-order valence-electron chi connectivity index (χ4n) is 2.42. The average molecular weight is 281 g/mol. The monoisotopic (exact) mass is 280 g/mol. The molecule has 1 atom stereocenters. The van der Waals surface area contributed by atoms with Crippen LogP contribution in [0.2, 0.25) is 5.02 Å². The molecule has 0 aromatic heterocycles. The van der Waals surface area contributed by atoms with Crippen molar-refractivity contribution in [3.8, 4) is 0 Å². The number of carbonyl (C=O) groups is 2. The summed E-state index contributed by atoms with van der Waals surface area (Å²) in [6.07, 6.45) is 0.714. The van der Waals surface area contributed by atoms with Crippen molar-refractivity contribution in [1.29, 1.82) is 0 Å². The largest absolute Gasteiger partial charge is 0.379 e. The first-order chi connectivity index (χ1) is 9.16. The minimum Gasteiger partial charge on any atom is -0.379 e. The lowest BCUT2D eigenvalue weighted by atomic mass is 10.2. The Morgan fingerprint density at radius 3 is 2.58 bits per heavy atom. The highest BCUT2D eigenvalue weighted by Crippen LogP contribution is 2.26. The van der Waals surface area contributed by atoms with Gasteiger partial charge in [0.2, 0.25) is 0 Å². The SMILES string of the molecule is O=C1CN(c2ccc(Cl)cc2)C(=O)N1C1CCOC1. The first-order valence-electron chi connectivity index (χ1n) is 6.13. The summed E-state index contributed by atoms with van der Waals surface area (Å²) in [6, 6.07) is 6.48. The quantitative estimate of drug-likeness (QED) is 0.778. The van der Waals surface area contributed by atoms with Crippen molar-refractivity contribution in [2.75, 3.05) is 24.7 Å². The number of amides is 3. The van der Waals surface area contributed by atoms with Crippen LogP contribution in [0.3, 0.4) is 0 Å². The molecule has 2 heterocycles. The normalized spacial score (nSPS) is 23.5. The van der Waals surface area contributed by atoms with E-state index in [0.29, 0.717) is 30.3 Å². The first-order valence-corrected chi connectivity index (χ1v) is 6.51. The maximum Gasteiger partial charge on any atom is 0.332 e. The van der Waals surface area contributed by atoms with Crippen LogP contribution in [0.4, 0.5) is 10.5 Å². The summed E-state index contributed by atoms with van der Waals surface area (Å²) in [6.45, 7) is 1.12. The summed E-state index contributed by atoms with van der Waals surface area (Å²) in [4.78, 5) is 27.1. The molecule has 1 unspecified atom stereocenters. The number of halogens is 1. The van der Waals surface area contributed by atoms with Crippen molar-refractivity contribution in [2.45, 2.75) is 12.5 Å². The van der Waals surface area contributed by atoms with E-state index in [1.54, 1.807) is 24.3 Å². The molecule has 0 radical (unpaired) electrons. The van der Waals surface area contributed by atoms with E-state index in [0.717, 1.165) is 0 Å². The summed E-state index contributed by atoms with van der Waals surface area (Å²) < 4.78 is 5.24. The number of carbonyl (C=O) groups excluding carboxylic acids is 2. The summed E-state index contributed by atoms with van der Waals surface area (Å²) in [7, 11) is 0. The highest BCUT2D eigenvalue weighted by Gasteiger charge is 2.42. The predicted molar refractivity (Wildman–Crippen MR) is 70.3 cm³/mol. The molecule has 0 aliphatic carbocycles. The van der Waals surface area contributed by atoms with E-state index in [1.807, 2.05) is 0 Å². The van der Waals surface area contributed by atoms with Gasteiger partial charge in [0.05, 0.1) is 12.6 Å². The fourth-order valence-corrected chi connectivity index (χ4v) is 2.55. The highest BCUT2D eigenvalue weighted by molar-refractivity contribution is 6.30. The Morgan fingerprint density at radius 2 is 1.95 bits per heavy atom. The minimum absolute atomic E-state index is 0.0803. The van der Waals surface area contributed by atoms with Crippen LogP contribution < -0.4 is 4.90 Å². The van der Waals surface area contributed by atoms with Crippen molar-refractivity contribution in [3.63, 3.8) is 0 Å². The van der Waals surface area contributed by atoms with E-state index >= 15 is 0 Å². The molecular formula is C13H13ClN2O3.